The topological polar surface area (TPSA) is 107 Å². The van der Waals surface area contributed by atoms with E-state index in [9.17, 15) is 24.9 Å². The number of rotatable bonds is 5. The first kappa shape index (κ1) is 26.4. The predicted octanol–water partition coefficient (Wildman–Crippen LogP) is 5.25. The highest BCUT2D eigenvalue weighted by atomic mass is 16.8. The molecule has 4 saturated carbocycles. The molecule has 6 heteroatoms. The average molecular weight is 503 g/mol. The molecule has 3 N–H and O–H groups in total. The molecule has 1 aliphatic heterocycles. The smallest absolute Gasteiger partial charge is 0.330 e. The molecule has 0 aromatic carbocycles. The molecule has 4 aliphatic carbocycles. The highest BCUT2D eigenvalue weighted by Gasteiger charge is 2.97. The summed E-state index contributed by atoms with van der Waals surface area (Å²) in [7, 11) is 0. The largest absolute Gasteiger partial charge is 0.478 e. The number of carbonyl (C=O) groups is 2. The van der Waals surface area contributed by atoms with Crippen LogP contribution in [-0.2, 0) is 14.3 Å². The molecule has 2 spiro atoms. The molecule has 5 fully saturated rings. The van der Waals surface area contributed by atoms with Crippen molar-refractivity contribution in [2.45, 2.75) is 124 Å². The van der Waals surface area contributed by atoms with Gasteiger partial charge in [0.1, 0.15) is 11.4 Å². The third-order valence-electron chi connectivity index (χ3n) is 13.1. The van der Waals surface area contributed by atoms with Crippen molar-refractivity contribution in [2.75, 3.05) is 0 Å². The van der Waals surface area contributed by atoms with Crippen LogP contribution in [0, 0.1) is 38.9 Å². The van der Waals surface area contributed by atoms with Crippen molar-refractivity contribution in [3.8, 4) is 0 Å². The van der Waals surface area contributed by atoms with E-state index in [1.807, 2.05) is 0 Å². The van der Waals surface area contributed by atoms with Gasteiger partial charge in [0.25, 0.3) is 0 Å². The van der Waals surface area contributed by atoms with Crippen LogP contribution in [0.25, 0.3) is 0 Å². The molecular formula is C30H46O6. The Bertz CT molecular complexity index is 1030. The quantitative estimate of drug-likeness (QED) is 0.350. The number of hydrogen-bond donors (Lipinski definition) is 3. The van der Waals surface area contributed by atoms with Crippen molar-refractivity contribution >= 4 is 11.8 Å². The van der Waals surface area contributed by atoms with E-state index in [0.717, 1.165) is 19.3 Å². The number of carboxylic acid groups (broad SMARTS) is 1. The van der Waals surface area contributed by atoms with Gasteiger partial charge in [-0.15, -0.1) is 0 Å². The number of aliphatic hydroxyl groups excluding tert-OH is 1. The van der Waals surface area contributed by atoms with Crippen molar-refractivity contribution in [2.24, 2.45) is 38.9 Å². The average Bonchev–Trinajstić information content (AvgIpc) is 3.20. The monoisotopic (exact) mass is 502 g/mol. The number of carboxylic acids is 1. The Balaban J connectivity index is 1.56. The maximum Gasteiger partial charge on any atom is 0.330 e. The fourth-order valence-electron chi connectivity index (χ4n) is 10.7. The first-order chi connectivity index (χ1) is 16.5. The molecular weight excluding hydrogens is 456 g/mol. The fourth-order valence-corrected chi connectivity index (χ4v) is 10.7. The Kier molecular flexibility index (Phi) is 5.45. The van der Waals surface area contributed by atoms with Crippen molar-refractivity contribution < 1.29 is 29.6 Å². The number of epoxide rings is 1. The third kappa shape index (κ3) is 2.65. The Labute approximate surface area is 215 Å². The minimum absolute atomic E-state index is 0.191. The molecule has 5 rings (SSSR count). The molecule has 0 amide bonds. The first-order valence-electron chi connectivity index (χ1n) is 14.0. The second-order valence-electron chi connectivity index (χ2n) is 14.4. The summed E-state index contributed by atoms with van der Waals surface area (Å²) in [4.78, 5) is 25.4. The minimum atomic E-state index is -1.31. The van der Waals surface area contributed by atoms with E-state index >= 15 is 0 Å². The molecule has 9 atom stereocenters. The highest BCUT2D eigenvalue weighted by molar-refractivity contribution is 5.90. The number of aliphatic hydroxyl groups is 2. The van der Waals surface area contributed by atoms with Crippen LogP contribution in [0.1, 0.15) is 106 Å². The van der Waals surface area contributed by atoms with Gasteiger partial charge in [0.15, 0.2) is 5.79 Å². The van der Waals surface area contributed by atoms with Gasteiger partial charge in [0.05, 0.1) is 11.5 Å². The molecule has 0 unspecified atom stereocenters. The number of carbonyl (C=O) groups excluding carboxylic acids is 1. The Morgan fingerprint density at radius 2 is 1.81 bits per heavy atom. The zero-order chi connectivity index (χ0) is 26.7. The van der Waals surface area contributed by atoms with E-state index in [0.29, 0.717) is 44.1 Å². The number of ether oxygens (including phenoxy) is 1. The molecule has 0 aromatic heterocycles. The molecule has 5 aliphatic rings. The zero-order valence-corrected chi connectivity index (χ0v) is 23.2. The number of allylic oxidation sites excluding steroid dienone is 1. The van der Waals surface area contributed by atoms with Gasteiger partial charge >= 0.3 is 5.97 Å². The van der Waals surface area contributed by atoms with E-state index in [1.54, 1.807) is 13.0 Å². The molecule has 0 bridgehead atoms. The van der Waals surface area contributed by atoms with Crippen molar-refractivity contribution in [1.29, 1.82) is 0 Å². The maximum atomic E-state index is 14.2. The highest BCUT2D eigenvalue weighted by Crippen LogP contribution is 2.88. The number of hydrogen-bond acceptors (Lipinski definition) is 5. The van der Waals surface area contributed by atoms with E-state index in [2.05, 4.69) is 41.5 Å². The second-order valence-corrected chi connectivity index (χ2v) is 14.4. The van der Waals surface area contributed by atoms with Crippen LogP contribution in [0.2, 0.25) is 0 Å². The molecule has 202 valence electrons. The van der Waals surface area contributed by atoms with Gasteiger partial charge in [-0.2, -0.15) is 0 Å². The van der Waals surface area contributed by atoms with E-state index in [4.69, 9.17) is 4.74 Å². The van der Waals surface area contributed by atoms with Gasteiger partial charge in [-0.3, -0.25) is 4.79 Å². The molecule has 0 aromatic rings. The molecule has 36 heavy (non-hydrogen) atoms. The van der Waals surface area contributed by atoms with Crippen LogP contribution < -0.4 is 0 Å². The van der Waals surface area contributed by atoms with Crippen LogP contribution in [0.4, 0.5) is 0 Å². The van der Waals surface area contributed by atoms with Crippen LogP contribution in [0.3, 0.4) is 0 Å². The summed E-state index contributed by atoms with van der Waals surface area (Å²) in [5.41, 5.74) is -2.56. The summed E-state index contributed by atoms with van der Waals surface area (Å²) in [5.74, 6) is -1.54. The molecule has 6 nitrogen and oxygen atoms in total. The standard InChI is InChI=1S/C30H46O6/c1-18(23(33)34)9-8-10-19(2)26(6)17-29(35)30(36-29)27(26,7)15-13-22(32)28(30)16-11-20-24(3,4)21(31)12-14-25(20,28)5/h9,19-21,31,35H,8,10-17H2,1-7H3,(H,33,34)/b18-9+/t19-,20-,21-,25+,26-,27-,28-,29-,30+/m1/s1. The van der Waals surface area contributed by atoms with Gasteiger partial charge in [-0.05, 0) is 80.0 Å². The Morgan fingerprint density at radius 3 is 2.44 bits per heavy atom. The summed E-state index contributed by atoms with van der Waals surface area (Å²) >= 11 is 0. The summed E-state index contributed by atoms with van der Waals surface area (Å²) in [5, 5.41) is 32.3. The summed E-state index contributed by atoms with van der Waals surface area (Å²) in [6.07, 6.45) is 7.64. The predicted molar refractivity (Wildman–Crippen MR) is 136 cm³/mol. The molecule has 1 heterocycles. The van der Waals surface area contributed by atoms with E-state index < -0.39 is 22.8 Å². The van der Waals surface area contributed by atoms with Crippen molar-refractivity contribution in [3.63, 3.8) is 0 Å². The van der Waals surface area contributed by atoms with Gasteiger partial charge in [-0.25, -0.2) is 4.79 Å². The van der Waals surface area contributed by atoms with Crippen molar-refractivity contribution in [1.82, 2.24) is 0 Å². The number of ketones is 1. The summed E-state index contributed by atoms with van der Waals surface area (Å²) < 4.78 is 6.55. The van der Waals surface area contributed by atoms with Gasteiger partial charge in [-0.1, -0.05) is 47.6 Å². The second kappa shape index (κ2) is 7.45. The van der Waals surface area contributed by atoms with Crippen molar-refractivity contribution in [3.05, 3.63) is 11.6 Å². The summed E-state index contributed by atoms with van der Waals surface area (Å²) in [6, 6.07) is 0. The number of Topliss-reactive ketones (excluding diaryl/α,β-unsaturated/α-hetero) is 1. The Hall–Kier alpha value is -1.24. The summed E-state index contributed by atoms with van der Waals surface area (Å²) in [6.45, 7) is 14.9. The lowest BCUT2D eigenvalue weighted by molar-refractivity contribution is -0.197. The maximum absolute atomic E-state index is 14.2. The van der Waals surface area contributed by atoms with Crippen LogP contribution in [0.15, 0.2) is 11.6 Å². The SMILES string of the molecule is C/C(=C\CC[C@@H](C)[C@@]1(C)C[C@@]2(O)O[C@]23[C@]1(C)CCC(=O)[C@@]31CC[C@@H]2C(C)(C)[C@H](O)CC[C@@]21C)C(=O)O. The lowest BCUT2D eigenvalue weighted by Gasteiger charge is -2.63. The lowest BCUT2D eigenvalue weighted by Crippen LogP contribution is -2.68. The van der Waals surface area contributed by atoms with E-state index in [-0.39, 0.29) is 45.4 Å². The number of aliphatic carboxylic acids is 1. The van der Waals surface area contributed by atoms with Crippen LogP contribution in [0.5, 0.6) is 0 Å². The first-order valence-corrected chi connectivity index (χ1v) is 14.0. The third-order valence-corrected chi connectivity index (χ3v) is 13.1. The van der Waals surface area contributed by atoms with Gasteiger partial charge in [0.2, 0.25) is 0 Å². The fraction of sp³-hybridized carbons (Fsp3) is 0.867. The normalized spacial score (nSPS) is 52.0. The van der Waals surface area contributed by atoms with E-state index in [1.165, 1.54) is 0 Å². The van der Waals surface area contributed by atoms with Crippen LogP contribution >= 0.6 is 0 Å². The number of fused-ring (bicyclic) bond motifs is 2. The molecule has 0 radical (unpaired) electrons. The minimum Gasteiger partial charge on any atom is -0.478 e. The lowest BCUT2D eigenvalue weighted by atomic mass is 9.39. The molecule has 1 saturated heterocycles. The zero-order valence-electron chi connectivity index (χ0n) is 23.2. The Morgan fingerprint density at radius 1 is 1.14 bits per heavy atom. The van der Waals surface area contributed by atoms with Gasteiger partial charge in [0, 0.05) is 23.8 Å². The van der Waals surface area contributed by atoms with Gasteiger partial charge < -0.3 is 20.1 Å². The van der Waals surface area contributed by atoms with Crippen LogP contribution in [-0.4, -0.2) is 44.6 Å².